The molecular weight excluding hydrogens is 378 g/mol. The summed E-state index contributed by atoms with van der Waals surface area (Å²) in [6, 6.07) is 15.8. The van der Waals surface area contributed by atoms with Crippen molar-refractivity contribution in [3.05, 3.63) is 77.4 Å². The zero-order chi connectivity index (χ0) is 21.3. The first-order valence-corrected chi connectivity index (χ1v) is 10.1. The van der Waals surface area contributed by atoms with Gasteiger partial charge in [0, 0.05) is 36.5 Å². The van der Waals surface area contributed by atoms with Crippen LogP contribution in [0.5, 0.6) is 0 Å². The molecule has 156 valence electrons. The molecular formula is C24H27N3O3. The smallest absolute Gasteiger partial charge is 0.267 e. The summed E-state index contributed by atoms with van der Waals surface area (Å²) in [5.41, 5.74) is 5.06. The van der Waals surface area contributed by atoms with Crippen LogP contribution in [0.4, 0.5) is 5.69 Å². The van der Waals surface area contributed by atoms with Crippen molar-refractivity contribution < 1.29 is 14.8 Å². The molecule has 1 fully saturated rings. The molecule has 3 rings (SSSR count). The Morgan fingerprint density at radius 3 is 2.03 bits per heavy atom. The molecule has 6 heteroatoms. The van der Waals surface area contributed by atoms with Crippen LogP contribution in [0.2, 0.25) is 0 Å². The summed E-state index contributed by atoms with van der Waals surface area (Å²) < 4.78 is 0. The van der Waals surface area contributed by atoms with Crippen molar-refractivity contribution in [1.29, 1.82) is 0 Å². The Bertz CT molecular complexity index is 910. The number of rotatable bonds is 7. The van der Waals surface area contributed by atoms with Crippen LogP contribution in [0.15, 0.2) is 60.7 Å². The molecule has 0 atom stereocenters. The monoisotopic (exact) mass is 405 g/mol. The Labute approximate surface area is 176 Å². The van der Waals surface area contributed by atoms with E-state index in [9.17, 15) is 9.59 Å². The fraction of sp³-hybridized carbons (Fsp3) is 0.250. The number of carbonyl (C=O) groups excluding carboxylic acids is 2. The summed E-state index contributed by atoms with van der Waals surface area (Å²) >= 11 is 0. The van der Waals surface area contributed by atoms with E-state index >= 15 is 0 Å². The lowest BCUT2D eigenvalue weighted by atomic mass is 10.0. The van der Waals surface area contributed by atoms with Gasteiger partial charge in [0.05, 0.1) is 0 Å². The number of hydrogen-bond donors (Lipinski definition) is 3. The Kier molecular flexibility index (Phi) is 7.54. The van der Waals surface area contributed by atoms with Crippen molar-refractivity contribution in [1.82, 2.24) is 10.8 Å². The highest BCUT2D eigenvalue weighted by atomic mass is 16.5. The second-order valence-electron chi connectivity index (χ2n) is 7.27. The maximum atomic E-state index is 12.5. The van der Waals surface area contributed by atoms with Crippen LogP contribution in [0.3, 0.4) is 0 Å². The minimum Gasteiger partial charge on any atom is -0.371 e. The Hall–Kier alpha value is -3.22. The van der Waals surface area contributed by atoms with Gasteiger partial charge in [-0.3, -0.25) is 14.8 Å². The van der Waals surface area contributed by atoms with Gasteiger partial charge in [-0.25, -0.2) is 5.48 Å². The highest BCUT2D eigenvalue weighted by Gasteiger charge is 2.17. The van der Waals surface area contributed by atoms with Gasteiger partial charge in [-0.15, -0.1) is 0 Å². The van der Waals surface area contributed by atoms with Crippen molar-refractivity contribution >= 4 is 29.5 Å². The number of amides is 1. The molecule has 30 heavy (non-hydrogen) atoms. The van der Waals surface area contributed by atoms with Crippen molar-refractivity contribution in [2.45, 2.75) is 18.9 Å². The Balaban J connectivity index is 1.57. The predicted molar refractivity (Wildman–Crippen MR) is 120 cm³/mol. The lowest BCUT2D eigenvalue weighted by molar-refractivity contribution is -0.124. The lowest BCUT2D eigenvalue weighted by Crippen LogP contribution is -2.41. The van der Waals surface area contributed by atoms with E-state index in [1.165, 1.54) is 6.08 Å². The molecule has 6 nitrogen and oxygen atoms in total. The first-order chi connectivity index (χ1) is 14.6. The summed E-state index contributed by atoms with van der Waals surface area (Å²) in [7, 11) is 2.01. The summed E-state index contributed by atoms with van der Waals surface area (Å²) in [5.74, 6) is -0.628. The Morgan fingerprint density at radius 1 is 0.933 bits per heavy atom. The number of anilines is 1. The first-order valence-electron chi connectivity index (χ1n) is 10.1. The van der Waals surface area contributed by atoms with Crippen molar-refractivity contribution in [2.24, 2.45) is 0 Å². The number of hydroxylamine groups is 1. The van der Waals surface area contributed by atoms with Gasteiger partial charge in [0.1, 0.15) is 0 Å². The quantitative estimate of drug-likeness (QED) is 0.285. The average molecular weight is 405 g/mol. The van der Waals surface area contributed by atoms with E-state index in [1.54, 1.807) is 23.7 Å². The molecule has 0 aromatic heterocycles. The maximum Gasteiger partial charge on any atom is 0.267 e. The number of carbonyl (C=O) groups is 2. The molecule has 0 spiro atoms. The van der Waals surface area contributed by atoms with Gasteiger partial charge in [0.25, 0.3) is 5.91 Å². The largest absolute Gasteiger partial charge is 0.371 e. The van der Waals surface area contributed by atoms with E-state index in [2.05, 4.69) is 10.2 Å². The van der Waals surface area contributed by atoms with Crippen LogP contribution in [0.25, 0.3) is 12.2 Å². The SMILES string of the molecule is CNC1CCN(c2ccc(C(=O)C=Cc3ccc(C=CC(=O)NO)cc3)cc2)CC1. The van der Waals surface area contributed by atoms with Crippen LogP contribution in [0.1, 0.15) is 34.3 Å². The van der Waals surface area contributed by atoms with Crippen LogP contribution in [0, 0.1) is 0 Å². The molecule has 1 aliphatic heterocycles. The van der Waals surface area contributed by atoms with Gasteiger partial charge in [0.2, 0.25) is 0 Å². The molecule has 0 unspecified atom stereocenters. The number of nitrogens with one attached hydrogen (secondary N) is 2. The summed E-state index contributed by atoms with van der Waals surface area (Å²) in [6.45, 7) is 2.04. The van der Waals surface area contributed by atoms with Crippen LogP contribution in [-0.4, -0.2) is 43.1 Å². The molecule has 3 N–H and O–H groups in total. The van der Waals surface area contributed by atoms with Gasteiger partial charge in [0.15, 0.2) is 5.78 Å². The normalized spacial score (nSPS) is 15.1. The number of ketones is 1. The van der Waals surface area contributed by atoms with Gasteiger partial charge in [-0.1, -0.05) is 30.3 Å². The van der Waals surface area contributed by atoms with Gasteiger partial charge < -0.3 is 10.2 Å². The second-order valence-corrected chi connectivity index (χ2v) is 7.27. The molecule has 1 heterocycles. The highest BCUT2D eigenvalue weighted by Crippen LogP contribution is 2.21. The van der Waals surface area contributed by atoms with E-state index < -0.39 is 5.91 Å². The topological polar surface area (TPSA) is 81.7 Å². The van der Waals surface area contributed by atoms with E-state index in [-0.39, 0.29) is 5.78 Å². The van der Waals surface area contributed by atoms with Gasteiger partial charge >= 0.3 is 0 Å². The highest BCUT2D eigenvalue weighted by molar-refractivity contribution is 6.07. The predicted octanol–water partition coefficient (Wildman–Crippen LogP) is 3.29. The third kappa shape index (κ3) is 5.89. The third-order valence-electron chi connectivity index (χ3n) is 5.32. The van der Waals surface area contributed by atoms with Gasteiger partial charge in [-0.2, -0.15) is 0 Å². The standard InChI is InChI=1S/C24H27N3O3/c1-25-21-14-16-27(17-15-21)22-10-8-20(9-11-22)23(28)12-6-18-2-4-19(5-3-18)7-13-24(29)26-30/h2-13,21,25,30H,14-17H2,1H3,(H,26,29). The first kappa shape index (κ1) is 21.5. The molecule has 2 aromatic rings. The van der Waals surface area contributed by atoms with Crippen molar-refractivity contribution in [2.75, 3.05) is 25.0 Å². The van der Waals surface area contributed by atoms with Crippen LogP contribution >= 0.6 is 0 Å². The zero-order valence-corrected chi connectivity index (χ0v) is 17.0. The number of hydrogen-bond acceptors (Lipinski definition) is 5. The molecule has 1 saturated heterocycles. The number of benzene rings is 2. The Morgan fingerprint density at radius 2 is 1.50 bits per heavy atom. The zero-order valence-electron chi connectivity index (χ0n) is 17.0. The van der Waals surface area contributed by atoms with E-state index in [0.717, 1.165) is 42.7 Å². The molecule has 1 aliphatic rings. The van der Waals surface area contributed by atoms with E-state index in [4.69, 9.17) is 5.21 Å². The molecule has 0 radical (unpaired) electrons. The maximum absolute atomic E-state index is 12.5. The third-order valence-corrected chi connectivity index (χ3v) is 5.32. The average Bonchev–Trinajstić information content (AvgIpc) is 2.81. The number of piperidine rings is 1. The van der Waals surface area contributed by atoms with Crippen molar-refractivity contribution in [3.8, 4) is 0 Å². The minimum absolute atomic E-state index is 0.0426. The second kappa shape index (κ2) is 10.5. The van der Waals surface area contributed by atoms with Gasteiger partial charge in [-0.05, 0) is 67.4 Å². The van der Waals surface area contributed by atoms with E-state index in [1.807, 2.05) is 55.6 Å². The summed E-state index contributed by atoms with van der Waals surface area (Å²) in [4.78, 5) is 25.8. The molecule has 0 aliphatic carbocycles. The summed E-state index contributed by atoms with van der Waals surface area (Å²) in [6.07, 6.45) is 8.42. The molecule has 2 aromatic carbocycles. The van der Waals surface area contributed by atoms with E-state index in [0.29, 0.717) is 11.6 Å². The number of allylic oxidation sites excluding steroid dienone is 1. The number of nitrogens with zero attached hydrogens (tertiary/aromatic N) is 1. The minimum atomic E-state index is -0.585. The van der Waals surface area contributed by atoms with Crippen molar-refractivity contribution in [3.63, 3.8) is 0 Å². The molecule has 0 saturated carbocycles. The molecule has 0 bridgehead atoms. The fourth-order valence-electron chi connectivity index (χ4n) is 3.46. The lowest BCUT2D eigenvalue weighted by Gasteiger charge is -2.33. The van der Waals surface area contributed by atoms with Crippen LogP contribution in [-0.2, 0) is 4.79 Å². The molecule has 1 amide bonds. The van der Waals surface area contributed by atoms with Crippen LogP contribution < -0.4 is 15.7 Å². The summed E-state index contributed by atoms with van der Waals surface area (Å²) in [5, 5.41) is 11.8. The fourth-order valence-corrected chi connectivity index (χ4v) is 3.46.